The molecule has 2 aliphatic rings. The SMILES string of the molecule is CC(=O)C(=O)N(CC1=CC(=O)N(Cc2ccc(F)c(Cl)c2)CC1)C1CC1. The lowest BCUT2D eigenvalue weighted by Gasteiger charge is -2.29. The third-order valence-corrected chi connectivity index (χ3v) is 4.91. The Balaban J connectivity index is 1.65. The van der Waals surface area contributed by atoms with E-state index in [2.05, 4.69) is 0 Å². The molecule has 26 heavy (non-hydrogen) atoms. The second-order valence-electron chi connectivity index (χ2n) is 6.78. The standard InChI is InChI=1S/C19H20ClFN2O3/c1-12(24)19(26)23(15-3-4-15)11-14-6-7-22(18(25)9-14)10-13-2-5-17(21)16(20)8-13/h2,5,8-9,15H,3-4,6-7,10-11H2,1H3. The highest BCUT2D eigenvalue weighted by atomic mass is 35.5. The lowest BCUT2D eigenvalue weighted by Crippen LogP contribution is -2.41. The lowest BCUT2D eigenvalue weighted by molar-refractivity contribution is -0.143. The molecule has 2 amide bonds. The molecule has 0 spiro atoms. The fourth-order valence-electron chi connectivity index (χ4n) is 3.04. The number of hydrogen-bond donors (Lipinski definition) is 0. The number of amides is 2. The minimum absolute atomic E-state index is 0.0333. The van der Waals surface area contributed by atoms with E-state index in [1.165, 1.54) is 25.1 Å². The molecule has 1 aliphatic heterocycles. The van der Waals surface area contributed by atoms with Gasteiger partial charge in [-0.2, -0.15) is 0 Å². The van der Waals surface area contributed by atoms with Gasteiger partial charge in [0.2, 0.25) is 11.7 Å². The predicted molar refractivity (Wildman–Crippen MR) is 94.9 cm³/mol. The van der Waals surface area contributed by atoms with Crippen LogP contribution in [0.15, 0.2) is 29.8 Å². The van der Waals surface area contributed by atoms with Gasteiger partial charge in [-0.15, -0.1) is 0 Å². The highest BCUT2D eigenvalue weighted by Crippen LogP contribution is 2.29. The number of ketones is 1. The maximum Gasteiger partial charge on any atom is 0.290 e. The number of benzene rings is 1. The highest BCUT2D eigenvalue weighted by Gasteiger charge is 2.35. The van der Waals surface area contributed by atoms with Gasteiger partial charge in [-0.3, -0.25) is 14.4 Å². The molecule has 1 aromatic rings. The minimum Gasteiger partial charge on any atom is -0.335 e. The first kappa shape index (κ1) is 18.6. The monoisotopic (exact) mass is 378 g/mol. The summed E-state index contributed by atoms with van der Waals surface area (Å²) < 4.78 is 13.2. The number of carbonyl (C=O) groups excluding carboxylic acids is 3. The number of rotatable bonds is 6. The Morgan fingerprint density at radius 2 is 2.08 bits per heavy atom. The Hall–Kier alpha value is -2.21. The largest absolute Gasteiger partial charge is 0.335 e. The van der Waals surface area contributed by atoms with Gasteiger partial charge in [-0.1, -0.05) is 17.7 Å². The molecule has 1 heterocycles. The van der Waals surface area contributed by atoms with Gasteiger partial charge in [-0.25, -0.2) is 4.39 Å². The van der Waals surface area contributed by atoms with Crippen molar-refractivity contribution in [2.45, 2.75) is 38.8 Å². The number of carbonyl (C=O) groups is 3. The summed E-state index contributed by atoms with van der Waals surface area (Å²) in [4.78, 5) is 39.1. The van der Waals surface area contributed by atoms with E-state index in [1.54, 1.807) is 15.9 Å². The maximum absolute atomic E-state index is 13.2. The molecular formula is C19H20ClFN2O3. The van der Waals surface area contributed by atoms with Crippen LogP contribution in [0, 0.1) is 5.82 Å². The number of halogens is 2. The van der Waals surface area contributed by atoms with E-state index >= 15 is 0 Å². The first-order valence-corrected chi connectivity index (χ1v) is 8.96. The van der Waals surface area contributed by atoms with Gasteiger partial charge < -0.3 is 9.80 Å². The molecule has 0 unspecified atom stereocenters. The Morgan fingerprint density at radius 1 is 1.35 bits per heavy atom. The second-order valence-corrected chi connectivity index (χ2v) is 7.19. The van der Waals surface area contributed by atoms with Gasteiger partial charge in [0.1, 0.15) is 5.82 Å². The van der Waals surface area contributed by atoms with E-state index in [4.69, 9.17) is 11.6 Å². The summed E-state index contributed by atoms with van der Waals surface area (Å²) in [5.41, 5.74) is 1.61. The topological polar surface area (TPSA) is 57.7 Å². The van der Waals surface area contributed by atoms with Crippen molar-refractivity contribution in [2.75, 3.05) is 13.1 Å². The van der Waals surface area contributed by atoms with Crippen LogP contribution in [0.3, 0.4) is 0 Å². The van der Waals surface area contributed by atoms with Crippen molar-refractivity contribution in [3.8, 4) is 0 Å². The van der Waals surface area contributed by atoms with E-state index in [1.807, 2.05) is 0 Å². The molecule has 1 aliphatic carbocycles. The molecule has 1 saturated carbocycles. The summed E-state index contributed by atoms with van der Waals surface area (Å²) >= 11 is 5.78. The second kappa shape index (κ2) is 7.58. The van der Waals surface area contributed by atoms with Crippen LogP contribution in [0.5, 0.6) is 0 Å². The Kier molecular flexibility index (Phi) is 5.41. The van der Waals surface area contributed by atoms with Gasteiger partial charge in [0.15, 0.2) is 0 Å². The number of Topliss-reactive ketones (excluding diaryl/α,β-unsaturated/α-hetero) is 1. The van der Waals surface area contributed by atoms with Crippen LogP contribution in [-0.2, 0) is 20.9 Å². The van der Waals surface area contributed by atoms with Crippen LogP contribution in [0.4, 0.5) is 4.39 Å². The van der Waals surface area contributed by atoms with E-state index in [0.717, 1.165) is 24.0 Å². The van der Waals surface area contributed by atoms with Crippen molar-refractivity contribution in [1.29, 1.82) is 0 Å². The molecule has 138 valence electrons. The molecule has 1 aromatic carbocycles. The van der Waals surface area contributed by atoms with Gasteiger partial charge in [0.25, 0.3) is 5.91 Å². The van der Waals surface area contributed by atoms with Crippen LogP contribution >= 0.6 is 11.6 Å². The lowest BCUT2D eigenvalue weighted by atomic mass is 10.1. The maximum atomic E-state index is 13.2. The fourth-order valence-corrected chi connectivity index (χ4v) is 3.24. The van der Waals surface area contributed by atoms with Gasteiger partial charge in [0.05, 0.1) is 5.02 Å². The summed E-state index contributed by atoms with van der Waals surface area (Å²) in [7, 11) is 0. The van der Waals surface area contributed by atoms with Crippen molar-refractivity contribution in [3.63, 3.8) is 0 Å². The van der Waals surface area contributed by atoms with Gasteiger partial charge in [-0.05, 0) is 42.5 Å². The molecule has 0 aromatic heterocycles. The van der Waals surface area contributed by atoms with Crippen LogP contribution in [0.2, 0.25) is 5.02 Å². The predicted octanol–water partition coefficient (Wildman–Crippen LogP) is 2.72. The van der Waals surface area contributed by atoms with E-state index in [-0.39, 0.29) is 17.0 Å². The third-order valence-electron chi connectivity index (χ3n) is 4.62. The van der Waals surface area contributed by atoms with Crippen LogP contribution in [0.25, 0.3) is 0 Å². The summed E-state index contributed by atoms with van der Waals surface area (Å²) in [6.45, 7) is 2.45. The van der Waals surface area contributed by atoms with Gasteiger partial charge in [0, 0.05) is 38.7 Å². The Bertz CT molecular complexity index is 789. The molecule has 0 radical (unpaired) electrons. The van der Waals surface area contributed by atoms with Crippen molar-refractivity contribution in [3.05, 3.63) is 46.3 Å². The quantitative estimate of drug-likeness (QED) is 0.715. The fraction of sp³-hybridized carbons (Fsp3) is 0.421. The number of nitrogens with zero attached hydrogens (tertiary/aromatic N) is 2. The first-order chi connectivity index (χ1) is 12.3. The molecule has 0 saturated heterocycles. The zero-order valence-electron chi connectivity index (χ0n) is 14.5. The Morgan fingerprint density at radius 3 is 2.65 bits per heavy atom. The van der Waals surface area contributed by atoms with Crippen molar-refractivity contribution < 1.29 is 18.8 Å². The van der Waals surface area contributed by atoms with E-state index < -0.39 is 17.5 Å². The normalized spacial score (nSPS) is 17.1. The zero-order chi connectivity index (χ0) is 18.8. The molecule has 7 heteroatoms. The van der Waals surface area contributed by atoms with Crippen LogP contribution < -0.4 is 0 Å². The van der Waals surface area contributed by atoms with Crippen molar-refractivity contribution in [2.24, 2.45) is 0 Å². The number of hydrogen-bond acceptors (Lipinski definition) is 3. The molecule has 1 fully saturated rings. The summed E-state index contributed by atoms with van der Waals surface area (Å²) in [5, 5.41) is 0.0333. The van der Waals surface area contributed by atoms with E-state index in [0.29, 0.717) is 26.1 Å². The highest BCUT2D eigenvalue weighted by molar-refractivity contribution is 6.35. The molecule has 0 N–H and O–H groups in total. The zero-order valence-corrected chi connectivity index (χ0v) is 15.3. The van der Waals surface area contributed by atoms with Crippen molar-refractivity contribution >= 4 is 29.2 Å². The summed E-state index contributed by atoms with van der Waals surface area (Å²) in [5.74, 6) is -1.60. The molecule has 5 nitrogen and oxygen atoms in total. The average Bonchev–Trinajstić information content (AvgIpc) is 3.42. The van der Waals surface area contributed by atoms with Crippen LogP contribution in [-0.4, -0.2) is 46.5 Å². The summed E-state index contributed by atoms with van der Waals surface area (Å²) in [6, 6.07) is 4.52. The molecule has 3 rings (SSSR count). The first-order valence-electron chi connectivity index (χ1n) is 8.59. The minimum atomic E-state index is -0.488. The third kappa shape index (κ3) is 4.30. The van der Waals surface area contributed by atoms with Crippen LogP contribution in [0.1, 0.15) is 31.7 Å². The molecule has 0 atom stereocenters. The molecule has 0 bridgehead atoms. The van der Waals surface area contributed by atoms with Gasteiger partial charge >= 0.3 is 0 Å². The van der Waals surface area contributed by atoms with E-state index in [9.17, 15) is 18.8 Å². The smallest absolute Gasteiger partial charge is 0.290 e. The molecular weight excluding hydrogens is 359 g/mol. The van der Waals surface area contributed by atoms with Crippen molar-refractivity contribution in [1.82, 2.24) is 9.80 Å². The summed E-state index contributed by atoms with van der Waals surface area (Å²) in [6.07, 6.45) is 3.97. The average molecular weight is 379 g/mol. The Labute approximate surface area is 156 Å².